The number of carbonyl (C=O) groups is 2. The lowest BCUT2D eigenvalue weighted by molar-refractivity contribution is -0.153. The number of fused-ring (bicyclic) bond motifs is 2. The molecular formula is C24H33NO9. The van der Waals surface area contributed by atoms with E-state index in [0.717, 1.165) is 0 Å². The second-order valence-electron chi connectivity index (χ2n) is 8.83. The van der Waals surface area contributed by atoms with Crippen molar-refractivity contribution in [3.63, 3.8) is 0 Å². The summed E-state index contributed by atoms with van der Waals surface area (Å²) in [4.78, 5) is 26.2. The smallest absolute Gasteiger partial charge is 0.344 e. The van der Waals surface area contributed by atoms with Crippen LogP contribution in [-0.4, -0.2) is 68.2 Å². The highest BCUT2D eigenvalue weighted by atomic mass is 16.8. The number of cyclic esters (lactones) is 1. The van der Waals surface area contributed by atoms with Crippen LogP contribution in [0, 0.1) is 5.92 Å². The number of aliphatic hydroxyl groups is 1. The largest absolute Gasteiger partial charge is 0.497 e. The summed E-state index contributed by atoms with van der Waals surface area (Å²) in [6.07, 6.45) is 0.170. The third-order valence-corrected chi connectivity index (χ3v) is 5.71. The number of methoxy groups -OCH3 is 2. The van der Waals surface area contributed by atoms with E-state index in [2.05, 4.69) is 5.32 Å². The number of rotatable bonds is 4. The van der Waals surface area contributed by atoms with Crippen LogP contribution in [0.5, 0.6) is 11.5 Å². The van der Waals surface area contributed by atoms with Gasteiger partial charge in [0.1, 0.15) is 35.4 Å². The van der Waals surface area contributed by atoms with Crippen molar-refractivity contribution in [2.24, 2.45) is 5.92 Å². The van der Waals surface area contributed by atoms with Crippen molar-refractivity contribution >= 4 is 17.6 Å². The van der Waals surface area contributed by atoms with Crippen LogP contribution in [0.25, 0.3) is 0 Å². The Labute approximate surface area is 199 Å². The Balaban J connectivity index is 2.05. The molecule has 0 spiro atoms. The fraction of sp³-hybridized carbons (Fsp3) is 0.583. The Kier molecular flexibility index (Phi) is 8.19. The van der Waals surface area contributed by atoms with Crippen LogP contribution < -0.4 is 14.8 Å². The summed E-state index contributed by atoms with van der Waals surface area (Å²) >= 11 is 0. The summed E-state index contributed by atoms with van der Waals surface area (Å²) in [5.41, 5.74) is 0.190. The minimum Gasteiger partial charge on any atom is -0.497 e. The lowest BCUT2D eigenvalue weighted by Gasteiger charge is -2.24. The average Bonchev–Trinajstić information content (AvgIpc) is 3.08. The number of benzene rings is 1. The van der Waals surface area contributed by atoms with Gasteiger partial charge in [-0.15, -0.1) is 0 Å². The van der Waals surface area contributed by atoms with Crippen molar-refractivity contribution in [2.45, 2.75) is 64.3 Å². The van der Waals surface area contributed by atoms with Crippen molar-refractivity contribution in [3.05, 3.63) is 29.8 Å². The molecule has 0 aromatic heterocycles. The molecule has 1 aromatic rings. The molecule has 0 bridgehead atoms. The zero-order valence-corrected chi connectivity index (χ0v) is 20.3. The maximum atomic E-state index is 13.2. The lowest BCUT2D eigenvalue weighted by atomic mass is 10.00. The van der Waals surface area contributed by atoms with Crippen LogP contribution in [-0.2, 0) is 23.7 Å². The zero-order chi connectivity index (χ0) is 25.0. The van der Waals surface area contributed by atoms with E-state index >= 15 is 0 Å². The van der Waals surface area contributed by atoms with E-state index in [1.54, 1.807) is 32.9 Å². The van der Waals surface area contributed by atoms with Crippen LogP contribution in [0.15, 0.2) is 24.3 Å². The molecule has 34 heavy (non-hydrogen) atoms. The number of nitrogens with one attached hydrogen (secondary N) is 1. The van der Waals surface area contributed by atoms with Crippen LogP contribution in [0.3, 0.4) is 0 Å². The topological polar surface area (TPSA) is 122 Å². The number of ether oxygens (including phenoxy) is 6. The Hall–Kier alpha value is -2.66. The summed E-state index contributed by atoms with van der Waals surface area (Å²) < 4.78 is 33.4. The van der Waals surface area contributed by atoms with Gasteiger partial charge in [-0.25, -0.2) is 4.79 Å². The molecule has 5 atom stereocenters. The van der Waals surface area contributed by atoms with Gasteiger partial charge in [0.2, 0.25) is 5.91 Å². The minimum absolute atomic E-state index is 0.0341. The van der Waals surface area contributed by atoms with Crippen molar-refractivity contribution in [3.8, 4) is 11.5 Å². The van der Waals surface area contributed by atoms with Gasteiger partial charge >= 0.3 is 5.97 Å². The van der Waals surface area contributed by atoms with Crippen molar-refractivity contribution < 1.29 is 43.1 Å². The molecule has 2 heterocycles. The fourth-order valence-corrected chi connectivity index (χ4v) is 3.84. The van der Waals surface area contributed by atoms with E-state index in [1.165, 1.54) is 26.4 Å². The monoisotopic (exact) mass is 479 g/mol. The average molecular weight is 480 g/mol. The van der Waals surface area contributed by atoms with Gasteiger partial charge in [0.05, 0.1) is 25.3 Å². The van der Waals surface area contributed by atoms with Crippen LogP contribution in [0.4, 0.5) is 5.69 Å². The zero-order valence-electron chi connectivity index (χ0n) is 20.3. The Morgan fingerprint density at radius 2 is 1.88 bits per heavy atom. The van der Waals surface area contributed by atoms with E-state index in [-0.39, 0.29) is 36.1 Å². The molecule has 2 N–H and O–H groups in total. The molecule has 1 saturated heterocycles. The first-order valence-electron chi connectivity index (χ1n) is 11.1. The molecule has 10 nitrogen and oxygen atoms in total. The summed E-state index contributed by atoms with van der Waals surface area (Å²) in [5.74, 6) is -1.84. The van der Waals surface area contributed by atoms with E-state index in [4.69, 9.17) is 28.4 Å². The Morgan fingerprint density at radius 1 is 1.15 bits per heavy atom. The number of amides is 1. The van der Waals surface area contributed by atoms with Crippen molar-refractivity contribution in [1.29, 1.82) is 0 Å². The number of anilines is 1. The van der Waals surface area contributed by atoms with Crippen LogP contribution >= 0.6 is 0 Å². The highest BCUT2D eigenvalue weighted by Crippen LogP contribution is 2.36. The number of aliphatic hydroxyl groups excluding tert-OH is 1. The molecule has 188 valence electrons. The molecule has 1 aromatic carbocycles. The Morgan fingerprint density at radius 3 is 2.56 bits per heavy atom. The molecule has 10 heteroatoms. The molecule has 2 aliphatic rings. The molecule has 0 aliphatic carbocycles. The van der Waals surface area contributed by atoms with Crippen molar-refractivity contribution in [1.82, 2.24) is 0 Å². The quantitative estimate of drug-likeness (QED) is 0.381. The first kappa shape index (κ1) is 26.0. The van der Waals surface area contributed by atoms with E-state index < -0.39 is 42.1 Å². The molecule has 1 amide bonds. The van der Waals surface area contributed by atoms with E-state index in [9.17, 15) is 14.7 Å². The third kappa shape index (κ3) is 6.06. The fourth-order valence-electron chi connectivity index (χ4n) is 3.84. The minimum atomic E-state index is -1.02. The molecule has 1 unspecified atom stereocenters. The number of hydrogen-bond donors (Lipinski definition) is 2. The van der Waals surface area contributed by atoms with E-state index in [1.807, 2.05) is 6.92 Å². The predicted octanol–water partition coefficient (Wildman–Crippen LogP) is 2.64. The Bertz CT molecular complexity index is 929. The predicted molar refractivity (Wildman–Crippen MR) is 122 cm³/mol. The molecule has 3 rings (SSSR count). The lowest BCUT2D eigenvalue weighted by Crippen LogP contribution is -2.37. The maximum absolute atomic E-state index is 13.2. The summed E-state index contributed by atoms with van der Waals surface area (Å²) in [5, 5.41) is 13.5. The molecular weight excluding hydrogens is 446 g/mol. The highest BCUT2D eigenvalue weighted by molar-refractivity contribution is 6.04. The van der Waals surface area contributed by atoms with Crippen LogP contribution in [0.2, 0.25) is 0 Å². The standard InChI is InChI=1S/C24H33NO9/c1-13-7-8-17(26)22-19(33-24(3,4)34-22)11-20(27)25-16-9-15(30-6)10-18(31-12-29-5)21(16)23(28)32-14(13)2/h7-10,13-14,17,19,22,26H,11-12H2,1-6H3,(H,25,27)/t13-,14+,17?,19+,22-/m1/s1. The van der Waals surface area contributed by atoms with Gasteiger partial charge in [-0.05, 0) is 20.8 Å². The normalized spacial score (nSPS) is 29.3. The van der Waals surface area contributed by atoms with Gasteiger partial charge in [0.25, 0.3) is 0 Å². The SMILES string of the molecule is COCOc1cc(OC)cc2c1C(=O)O[C@@H](C)[C@H](C)C=CC(O)[C@H]1OC(C)(C)O[C@H]1CC(=O)N2. The van der Waals surface area contributed by atoms with Gasteiger partial charge < -0.3 is 38.8 Å². The number of carbonyl (C=O) groups excluding carboxylic acids is 2. The van der Waals surface area contributed by atoms with Gasteiger partial charge in [0, 0.05) is 25.2 Å². The van der Waals surface area contributed by atoms with Gasteiger partial charge in [-0.3, -0.25) is 4.79 Å². The van der Waals surface area contributed by atoms with Crippen LogP contribution in [0.1, 0.15) is 44.5 Å². The highest BCUT2D eigenvalue weighted by Gasteiger charge is 2.45. The number of esters is 1. The van der Waals surface area contributed by atoms with Gasteiger partial charge in [0.15, 0.2) is 12.6 Å². The van der Waals surface area contributed by atoms with Gasteiger partial charge in [-0.1, -0.05) is 19.1 Å². The molecule has 1 fully saturated rings. The van der Waals surface area contributed by atoms with Crippen molar-refractivity contribution in [2.75, 3.05) is 26.3 Å². The maximum Gasteiger partial charge on any atom is 0.344 e. The third-order valence-electron chi connectivity index (χ3n) is 5.71. The number of hydrogen-bond acceptors (Lipinski definition) is 9. The summed E-state index contributed by atoms with van der Waals surface area (Å²) in [6.45, 7) is 6.92. The first-order chi connectivity index (χ1) is 16.0. The molecule has 0 radical (unpaired) electrons. The first-order valence-corrected chi connectivity index (χ1v) is 11.1. The summed E-state index contributed by atoms with van der Waals surface area (Å²) in [6, 6.07) is 3.03. The molecule has 0 saturated carbocycles. The van der Waals surface area contributed by atoms with Gasteiger partial charge in [-0.2, -0.15) is 0 Å². The molecule has 2 aliphatic heterocycles. The second kappa shape index (κ2) is 10.7. The second-order valence-corrected chi connectivity index (χ2v) is 8.83. The summed E-state index contributed by atoms with van der Waals surface area (Å²) in [7, 11) is 2.91. The van der Waals surface area contributed by atoms with E-state index in [0.29, 0.717) is 5.75 Å².